The summed E-state index contributed by atoms with van der Waals surface area (Å²) in [5.41, 5.74) is 10.1. The molecule has 0 saturated carbocycles. The first-order valence-electron chi connectivity index (χ1n) is 18.7. The van der Waals surface area contributed by atoms with Crippen molar-refractivity contribution in [2.45, 2.75) is 0 Å². The van der Waals surface area contributed by atoms with Crippen LogP contribution in [0.5, 0.6) is 0 Å². The highest BCUT2D eigenvalue weighted by Gasteiger charge is 2.48. The third-order valence-electron chi connectivity index (χ3n) is 10.8. The van der Waals surface area contributed by atoms with Gasteiger partial charge >= 0.3 is 0 Å². The zero-order chi connectivity index (χ0) is 36.6. The number of fused-ring (bicyclic) bond motifs is 3. The molecule has 1 aliphatic heterocycles. The fourth-order valence-corrected chi connectivity index (χ4v) is 13.4. The summed E-state index contributed by atoms with van der Waals surface area (Å²) in [6.07, 6.45) is 0. The maximum atomic E-state index is 4.99. The van der Waals surface area contributed by atoms with Crippen LogP contribution in [0, 0.1) is 0 Å². The van der Waals surface area contributed by atoms with Gasteiger partial charge in [0.15, 0.2) is 25.5 Å². The highest BCUT2D eigenvalue weighted by Crippen LogP contribution is 2.34. The Morgan fingerprint density at radius 1 is 0.255 bits per heavy atom. The van der Waals surface area contributed by atoms with E-state index in [4.69, 9.17) is 15.0 Å². The molecule has 3 nitrogen and oxygen atoms in total. The molecule has 0 spiro atoms. The summed E-state index contributed by atoms with van der Waals surface area (Å²) >= 11 is 0. The lowest BCUT2D eigenvalue weighted by Gasteiger charge is -2.31. The molecule has 1 aromatic heterocycles. The van der Waals surface area contributed by atoms with Gasteiger partial charge in [-0.1, -0.05) is 194 Å². The van der Waals surface area contributed by atoms with E-state index >= 15 is 0 Å². The van der Waals surface area contributed by atoms with Crippen LogP contribution in [0.4, 0.5) is 0 Å². The minimum absolute atomic E-state index is 0.646. The zero-order valence-corrected chi connectivity index (χ0v) is 31.0. The van der Waals surface area contributed by atoms with Crippen LogP contribution in [0.15, 0.2) is 212 Å². The van der Waals surface area contributed by atoms with Crippen molar-refractivity contribution >= 4 is 28.8 Å². The Hall–Kier alpha value is -7.01. The number of benzene rings is 8. The van der Waals surface area contributed by atoms with Gasteiger partial charge in [-0.3, -0.25) is 0 Å². The third kappa shape index (κ3) is 5.72. The van der Waals surface area contributed by atoms with Crippen molar-refractivity contribution in [3.8, 4) is 67.5 Å². The first-order valence-corrected chi connectivity index (χ1v) is 20.7. The molecule has 9 aromatic rings. The number of hydrogen-bond acceptors (Lipinski definition) is 3. The minimum atomic E-state index is -2.52. The summed E-state index contributed by atoms with van der Waals surface area (Å²) in [6, 6.07) is 76.2. The average Bonchev–Trinajstić information content (AvgIpc) is 3.58. The van der Waals surface area contributed by atoms with Crippen molar-refractivity contribution in [2.24, 2.45) is 0 Å². The zero-order valence-electron chi connectivity index (χ0n) is 30.0. The number of aromatic nitrogens is 3. The highest BCUT2D eigenvalue weighted by atomic mass is 28.3. The summed E-state index contributed by atoms with van der Waals surface area (Å²) in [7, 11) is -2.52. The van der Waals surface area contributed by atoms with Gasteiger partial charge in [0.1, 0.15) is 0 Å². The maximum absolute atomic E-state index is 4.99. The molecule has 0 aliphatic carbocycles. The molecule has 1 aliphatic rings. The quantitative estimate of drug-likeness (QED) is 0.154. The van der Waals surface area contributed by atoms with E-state index in [1.165, 1.54) is 43.0 Å². The van der Waals surface area contributed by atoms with E-state index in [-0.39, 0.29) is 0 Å². The lowest BCUT2D eigenvalue weighted by atomic mass is 9.95. The first-order chi connectivity index (χ1) is 27.3. The Labute approximate surface area is 322 Å². The number of nitrogens with zero attached hydrogens (tertiary/aromatic N) is 3. The number of rotatable bonds is 7. The van der Waals surface area contributed by atoms with Gasteiger partial charge in [0, 0.05) is 16.7 Å². The lowest BCUT2D eigenvalue weighted by Crippen LogP contribution is -2.72. The monoisotopic (exact) mass is 717 g/mol. The van der Waals surface area contributed by atoms with Crippen molar-refractivity contribution in [1.82, 2.24) is 15.0 Å². The van der Waals surface area contributed by atoms with Crippen LogP contribution in [0.3, 0.4) is 0 Å². The van der Waals surface area contributed by atoms with Crippen molar-refractivity contribution in [3.05, 3.63) is 212 Å². The first kappa shape index (κ1) is 32.6. The summed E-state index contributed by atoms with van der Waals surface area (Å²) in [4.78, 5) is 14.9. The SMILES string of the molecule is c1ccc(-c2nc(-c3ccccc3)nc(-c3cccc(-c4cccc(-c5ccc6c(c5)-c5ccccc5[Si]6(c5ccccc5)c5ccccc5)c4)c3)n2)cc1. The van der Waals surface area contributed by atoms with E-state index in [0.29, 0.717) is 17.5 Å². The van der Waals surface area contributed by atoms with Crippen molar-refractivity contribution in [1.29, 1.82) is 0 Å². The van der Waals surface area contributed by atoms with Crippen LogP contribution in [-0.4, -0.2) is 23.0 Å². The largest absolute Gasteiger partial charge is 0.208 e. The third-order valence-corrected chi connectivity index (χ3v) is 15.7. The van der Waals surface area contributed by atoms with E-state index in [1.54, 1.807) is 0 Å². The van der Waals surface area contributed by atoms with E-state index in [9.17, 15) is 0 Å². The second kappa shape index (κ2) is 13.8. The summed E-state index contributed by atoms with van der Waals surface area (Å²) in [6.45, 7) is 0. The molecule has 0 bridgehead atoms. The molecule has 0 amide bonds. The lowest BCUT2D eigenvalue weighted by molar-refractivity contribution is 1.07. The molecule has 0 N–H and O–H groups in total. The minimum Gasteiger partial charge on any atom is -0.208 e. The van der Waals surface area contributed by atoms with Gasteiger partial charge in [0.2, 0.25) is 0 Å². The second-order valence-corrected chi connectivity index (χ2v) is 17.7. The molecule has 0 unspecified atom stereocenters. The molecule has 4 heteroatoms. The summed E-state index contributed by atoms with van der Waals surface area (Å²) < 4.78 is 0. The molecule has 55 heavy (non-hydrogen) atoms. The van der Waals surface area contributed by atoms with Gasteiger partial charge in [-0.2, -0.15) is 0 Å². The van der Waals surface area contributed by atoms with E-state index in [0.717, 1.165) is 27.8 Å². The predicted molar refractivity (Wildman–Crippen MR) is 230 cm³/mol. The standard InChI is InChI=1S/C51H35N3Si/c1-5-17-36(18-6-1)49-52-50(37-19-7-2-8-20-37)54-51(53-49)42-24-16-23-40(34-42)38-21-15-22-39(33-38)41-31-32-48-46(35-41)45-29-13-14-30-47(45)55(48,43-25-9-3-10-26-43)44-27-11-4-12-28-44/h1-35H. The second-order valence-electron chi connectivity index (χ2n) is 14.0. The van der Waals surface area contributed by atoms with Gasteiger partial charge in [0.25, 0.3) is 0 Å². The molecule has 2 heterocycles. The normalized spacial score (nSPS) is 12.5. The van der Waals surface area contributed by atoms with Crippen LogP contribution < -0.4 is 20.7 Å². The van der Waals surface area contributed by atoms with Crippen LogP contribution in [-0.2, 0) is 0 Å². The van der Waals surface area contributed by atoms with E-state index < -0.39 is 8.07 Å². The van der Waals surface area contributed by atoms with Gasteiger partial charge in [0.05, 0.1) is 0 Å². The van der Waals surface area contributed by atoms with Gasteiger partial charge < -0.3 is 0 Å². The van der Waals surface area contributed by atoms with Gasteiger partial charge in [-0.05, 0) is 72.3 Å². The van der Waals surface area contributed by atoms with E-state index in [2.05, 4.69) is 152 Å². The van der Waals surface area contributed by atoms with Crippen LogP contribution in [0.1, 0.15) is 0 Å². The van der Waals surface area contributed by atoms with Crippen LogP contribution in [0.2, 0.25) is 0 Å². The van der Waals surface area contributed by atoms with Crippen molar-refractivity contribution in [2.75, 3.05) is 0 Å². The van der Waals surface area contributed by atoms with Gasteiger partial charge in [-0.25, -0.2) is 15.0 Å². The molecular weight excluding hydrogens is 683 g/mol. The molecule has 0 radical (unpaired) electrons. The van der Waals surface area contributed by atoms with Crippen molar-refractivity contribution < 1.29 is 0 Å². The molecule has 0 saturated heterocycles. The van der Waals surface area contributed by atoms with E-state index in [1.807, 2.05) is 60.7 Å². The fraction of sp³-hybridized carbons (Fsp3) is 0. The molecule has 258 valence electrons. The summed E-state index contributed by atoms with van der Waals surface area (Å²) in [5.74, 6) is 1.95. The smallest absolute Gasteiger partial charge is 0.180 e. The van der Waals surface area contributed by atoms with Gasteiger partial charge in [-0.15, -0.1) is 0 Å². The highest BCUT2D eigenvalue weighted by molar-refractivity contribution is 7.22. The topological polar surface area (TPSA) is 38.7 Å². The Morgan fingerprint density at radius 2 is 0.636 bits per heavy atom. The Morgan fingerprint density at radius 3 is 1.18 bits per heavy atom. The van der Waals surface area contributed by atoms with Crippen LogP contribution in [0.25, 0.3) is 67.5 Å². The summed E-state index contributed by atoms with van der Waals surface area (Å²) in [5, 5.41) is 5.72. The molecular formula is C51H35N3Si. The fourth-order valence-electron chi connectivity index (χ4n) is 8.28. The molecule has 10 rings (SSSR count). The Balaban J connectivity index is 1.06. The van der Waals surface area contributed by atoms with Crippen LogP contribution >= 0.6 is 0 Å². The van der Waals surface area contributed by atoms with Crippen molar-refractivity contribution in [3.63, 3.8) is 0 Å². The molecule has 8 aromatic carbocycles. The Bertz CT molecular complexity index is 2710. The average molecular weight is 718 g/mol. The maximum Gasteiger partial charge on any atom is 0.180 e. The number of hydrogen-bond donors (Lipinski definition) is 0. The Kier molecular flexibility index (Phi) is 8.16. The molecule has 0 atom stereocenters. The predicted octanol–water partition coefficient (Wildman–Crippen LogP) is 9.56. The molecule has 0 fully saturated rings.